The molecular formula is C13H17Cl2NO2. The minimum Gasteiger partial charge on any atom is -0.505 e. The van der Waals surface area contributed by atoms with Crippen molar-refractivity contribution >= 4 is 28.9 Å². The number of benzene rings is 1. The largest absolute Gasteiger partial charge is 0.505 e. The molecule has 1 saturated carbocycles. The van der Waals surface area contributed by atoms with Gasteiger partial charge in [-0.05, 0) is 25.0 Å². The van der Waals surface area contributed by atoms with E-state index in [0.29, 0.717) is 0 Å². The number of anilines is 1. The van der Waals surface area contributed by atoms with Crippen molar-refractivity contribution in [2.24, 2.45) is 0 Å². The van der Waals surface area contributed by atoms with Crippen LogP contribution in [-0.2, 0) is 4.74 Å². The minimum atomic E-state index is -0.0733. The Balaban J connectivity index is 2.13. The lowest BCUT2D eigenvalue weighted by Crippen LogP contribution is -2.37. The molecule has 3 nitrogen and oxygen atoms in total. The summed E-state index contributed by atoms with van der Waals surface area (Å²) in [5.41, 5.74) is 0.816. The number of methoxy groups -OCH3 is 1. The predicted molar refractivity (Wildman–Crippen MR) is 74.8 cm³/mol. The van der Waals surface area contributed by atoms with Crippen molar-refractivity contribution in [3.05, 3.63) is 22.2 Å². The number of phenolic OH excluding ortho intramolecular Hbond substituents is 1. The van der Waals surface area contributed by atoms with Crippen molar-refractivity contribution in [1.82, 2.24) is 0 Å². The van der Waals surface area contributed by atoms with Gasteiger partial charge >= 0.3 is 0 Å². The normalized spacial score (nSPS) is 23.9. The summed E-state index contributed by atoms with van der Waals surface area (Å²) in [6.45, 7) is 0. The van der Waals surface area contributed by atoms with Gasteiger partial charge < -0.3 is 15.2 Å². The number of halogens is 2. The average Bonchev–Trinajstić information content (AvgIpc) is 2.36. The molecule has 0 aromatic heterocycles. The topological polar surface area (TPSA) is 41.5 Å². The second-order valence-electron chi connectivity index (χ2n) is 4.60. The maximum Gasteiger partial charge on any atom is 0.152 e. The van der Waals surface area contributed by atoms with Crippen LogP contribution in [0.25, 0.3) is 0 Å². The number of nitrogens with one attached hydrogen (secondary N) is 1. The molecule has 1 aromatic rings. The number of hydrogen-bond donors (Lipinski definition) is 2. The van der Waals surface area contributed by atoms with Gasteiger partial charge in [-0.25, -0.2) is 0 Å². The lowest BCUT2D eigenvalue weighted by Gasteiger charge is -2.32. The molecule has 100 valence electrons. The molecule has 0 amide bonds. The van der Waals surface area contributed by atoms with Crippen LogP contribution in [0.15, 0.2) is 12.1 Å². The van der Waals surface area contributed by atoms with E-state index in [0.717, 1.165) is 18.5 Å². The molecule has 1 aliphatic carbocycles. The van der Waals surface area contributed by atoms with E-state index in [1.54, 1.807) is 19.2 Å². The molecule has 2 N–H and O–H groups in total. The Morgan fingerprint density at radius 3 is 2.44 bits per heavy atom. The SMILES string of the molecule is COC1CCCCC1Nc1cc(Cl)c(O)c(Cl)c1. The highest BCUT2D eigenvalue weighted by Crippen LogP contribution is 2.35. The van der Waals surface area contributed by atoms with E-state index >= 15 is 0 Å². The van der Waals surface area contributed by atoms with Gasteiger partial charge in [0.2, 0.25) is 0 Å². The zero-order valence-electron chi connectivity index (χ0n) is 10.2. The van der Waals surface area contributed by atoms with E-state index < -0.39 is 0 Å². The Morgan fingerprint density at radius 2 is 1.83 bits per heavy atom. The zero-order chi connectivity index (χ0) is 13.1. The molecule has 1 aliphatic rings. The summed E-state index contributed by atoms with van der Waals surface area (Å²) in [5, 5.41) is 13.4. The molecular weight excluding hydrogens is 273 g/mol. The molecule has 0 heterocycles. The summed E-state index contributed by atoms with van der Waals surface area (Å²) in [6.07, 6.45) is 4.73. The number of aromatic hydroxyl groups is 1. The van der Waals surface area contributed by atoms with Gasteiger partial charge in [-0.3, -0.25) is 0 Å². The molecule has 0 radical (unpaired) electrons. The van der Waals surface area contributed by atoms with Crippen LogP contribution < -0.4 is 5.32 Å². The summed E-state index contributed by atoms with van der Waals surface area (Å²) in [7, 11) is 1.74. The number of phenols is 1. The van der Waals surface area contributed by atoms with E-state index in [-0.39, 0.29) is 27.9 Å². The Bertz CT molecular complexity index is 402. The van der Waals surface area contributed by atoms with Crippen molar-refractivity contribution in [2.45, 2.75) is 37.8 Å². The van der Waals surface area contributed by atoms with Crippen molar-refractivity contribution < 1.29 is 9.84 Å². The summed E-state index contributed by atoms with van der Waals surface area (Å²) >= 11 is 11.8. The van der Waals surface area contributed by atoms with Gasteiger partial charge in [0.1, 0.15) is 0 Å². The zero-order valence-corrected chi connectivity index (χ0v) is 11.8. The second kappa shape index (κ2) is 6.00. The lowest BCUT2D eigenvalue weighted by molar-refractivity contribution is 0.0606. The standard InChI is InChI=1S/C13H17Cl2NO2/c1-18-12-5-3-2-4-11(12)16-8-6-9(14)13(17)10(15)7-8/h6-7,11-12,16-17H,2-5H2,1H3. The molecule has 1 fully saturated rings. The third kappa shape index (κ3) is 3.02. The van der Waals surface area contributed by atoms with Gasteiger partial charge in [0.15, 0.2) is 5.75 Å². The van der Waals surface area contributed by atoms with E-state index in [1.807, 2.05) is 0 Å². The van der Waals surface area contributed by atoms with E-state index in [9.17, 15) is 5.11 Å². The molecule has 0 spiro atoms. The van der Waals surface area contributed by atoms with Gasteiger partial charge in [-0.15, -0.1) is 0 Å². The number of hydrogen-bond acceptors (Lipinski definition) is 3. The van der Waals surface area contributed by atoms with Crippen LogP contribution in [0.5, 0.6) is 5.75 Å². The van der Waals surface area contributed by atoms with Gasteiger partial charge in [0, 0.05) is 12.8 Å². The molecule has 2 rings (SSSR count). The summed E-state index contributed by atoms with van der Waals surface area (Å²) < 4.78 is 5.48. The fourth-order valence-electron chi connectivity index (χ4n) is 2.41. The molecule has 0 aliphatic heterocycles. The van der Waals surface area contributed by atoms with Crippen LogP contribution in [0.1, 0.15) is 25.7 Å². The minimum absolute atomic E-state index is 0.0733. The third-order valence-corrected chi connectivity index (χ3v) is 3.95. The second-order valence-corrected chi connectivity index (χ2v) is 5.41. The highest BCUT2D eigenvalue weighted by Gasteiger charge is 2.25. The maximum atomic E-state index is 9.52. The first kappa shape index (κ1) is 13.8. The Labute approximate surface area is 117 Å². The van der Waals surface area contributed by atoms with Crippen LogP contribution in [0, 0.1) is 0 Å². The van der Waals surface area contributed by atoms with Crippen molar-refractivity contribution in [2.75, 3.05) is 12.4 Å². The average molecular weight is 290 g/mol. The third-order valence-electron chi connectivity index (χ3n) is 3.37. The van der Waals surface area contributed by atoms with Crippen molar-refractivity contribution in [3.8, 4) is 5.75 Å². The van der Waals surface area contributed by atoms with Crippen LogP contribution in [0.4, 0.5) is 5.69 Å². The summed E-state index contributed by atoms with van der Waals surface area (Å²) in [6, 6.07) is 3.63. The highest BCUT2D eigenvalue weighted by molar-refractivity contribution is 6.37. The fraction of sp³-hybridized carbons (Fsp3) is 0.538. The summed E-state index contributed by atoms with van der Waals surface area (Å²) in [5.74, 6) is -0.0733. The number of rotatable bonds is 3. The van der Waals surface area contributed by atoms with Crippen LogP contribution in [0.3, 0.4) is 0 Å². The van der Waals surface area contributed by atoms with Crippen LogP contribution >= 0.6 is 23.2 Å². The summed E-state index contributed by atoms with van der Waals surface area (Å²) in [4.78, 5) is 0. The molecule has 18 heavy (non-hydrogen) atoms. The smallest absolute Gasteiger partial charge is 0.152 e. The first-order chi connectivity index (χ1) is 8.61. The van der Waals surface area contributed by atoms with Gasteiger partial charge in [0.05, 0.1) is 22.2 Å². The molecule has 5 heteroatoms. The van der Waals surface area contributed by atoms with E-state index in [2.05, 4.69) is 5.32 Å². The molecule has 0 bridgehead atoms. The fourth-order valence-corrected chi connectivity index (χ4v) is 2.89. The van der Waals surface area contributed by atoms with E-state index in [4.69, 9.17) is 27.9 Å². The number of ether oxygens (including phenoxy) is 1. The molecule has 2 unspecified atom stereocenters. The van der Waals surface area contributed by atoms with E-state index in [1.165, 1.54) is 12.8 Å². The van der Waals surface area contributed by atoms with Crippen LogP contribution in [0.2, 0.25) is 10.0 Å². The first-order valence-corrected chi connectivity index (χ1v) is 6.84. The molecule has 2 atom stereocenters. The van der Waals surface area contributed by atoms with Gasteiger partial charge in [0.25, 0.3) is 0 Å². The predicted octanol–water partition coefficient (Wildman–Crippen LogP) is 4.07. The quantitative estimate of drug-likeness (QED) is 0.825. The van der Waals surface area contributed by atoms with Crippen LogP contribution in [-0.4, -0.2) is 24.4 Å². The lowest BCUT2D eigenvalue weighted by atomic mass is 9.92. The Kier molecular flexibility index (Phi) is 4.60. The molecule has 1 aromatic carbocycles. The van der Waals surface area contributed by atoms with Crippen molar-refractivity contribution in [3.63, 3.8) is 0 Å². The van der Waals surface area contributed by atoms with Gasteiger partial charge in [-0.2, -0.15) is 0 Å². The maximum absolute atomic E-state index is 9.52. The molecule has 0 saturated heterocycles. The van der Waals surface area contributed by atoms with Crippen molar-refractivity contribution in [1.29, 1.82) is 0 Å². The van der Waals surface area contributed by atoms with Gasteiger partial charge in [-0.1, -0.05) is 36.0 Å². The Hall–Kier alpha value is -0.640. The first-order valence-electron chi connectivity index (χ1n) is 6.09. The highest BCUT2D eigenvalue weighted by atomic mass is 35.5. The monoisotopic (exact) mass is 289 g/mol. The Morgan fingerprint density at radius 1 is 1.22 bits per heavy atom.